The summed E-state index contributed by atoms with van der Waals surface area (Å²) in [6.45, 7) is 4.68. The van der Waals surface area contributed by atoms with Gasteiger partial charge in [0.05, 0.1) is 12.0 Å². The summed E-state index contributed by atoms with van der Waals surface area (Å²) >= 11 is 1.59. The first-order valence-electron chi connectivity index (χ1n) is 9.60. The first-order valence-corrected chi connectivity index (χ1v) is 10.6. The average molecular weight is 399 g/mol. The fourth-order valence-electron chi connectivity index (χ4n) is 3.38. The van der Waals surface area contributed by atoms with Crippen LogP contribution in [0, 0.1) is 19.8 Å². The lowest BCUT2D eigenvalue weighted by Gasteiger charge is -2.35. The van der Waals surface area contributed by atoms with Gasteiger partial charge in [0.25, 0.3) is 0 Å². The van der Waals surface area contributed by atoms with Gasteiger partial charge >= 0.3 is 5.97 Å². The highest BCUT2D eigenvalue weighted by molar-refractivity contribution is 8.13. The lowest BCUT2D eigenvalue weighted by molar-refractivity contribution is -0.137. The third kappa shape index (κ3) is 4.93. The Morgan fingerprint density at radius 2 is 2.00 bits per heavy atom. The number of fused-ring (bicyclic) bond motifs is 1. The number of thioether (sulfide) groups is 1. The summed E-state index contributed by atoms with van der Waals surface area (Å²) in [7, 11) is 0. The molecule has 0 aromatic heterocycles. The number of amidine groups is 1. The first kappa shape index (κ1) is 20.4. The van der Waals surface area contributed by atoms with E-state index in [4.69, 9.17) is 10.1 Å². The van der Waals surface area contributed by atoms with Crippen LogP contribution in [-0.2, 0) is 15.3 Å². The van der Waals surface area contributed by atoms with Crippen LogP contribution >= 0.6 is 11.8 Å². The Morgan fingerprint density at radius 3 is 2.79 bits per heavy atom. The van der Waals surface area contributed by atoms with Crippen molar-refractivity contribution in [1.82, 2.24) is 4.90 Å². The number of carboxylic acid groups (broad SMARTS) is 1. The van der Waals surface area contributed by atoms with E-state index in [-0.39, 0.29) is 24.3 Å². The van der Waals surface area contributed by atoms with E-state index < -0.39 is 5.97 Å². The fourth-order valence-corrected chi connectivity index (χ4v) is 4.51. The van der Waals surface area contributed by atoms with Crippen LogP contribution in [0.15, 0.2) is 47.5 Å². The molecule has 1 aliphatic heterocycles. The van der Waals surface area contributed by atoms with Gasteiger partial charge in [-0.2, -0.15) is 0 Å². The largest absolute Gasteiger partial charge is 0.481 e. The van der Waals surface area contributed by atoms with Crippen molar-refractivity contribution in [3.8, 4) is 0 Å². The molecule has 0 spiro atoms. The van der Waals surface area contributed by atoms with Gasteiger partial charge in [0.15, 0.2) is 5.17 Å². The number of aryl methyl sites for hydroxylation is 2. The van der Waals surface area contributed by atoms with Crippen molar-refractivity contribution in [2.24, 2.45) is 10.9 Å². The van der Waals surface area contributed by atoms with E-state index in [0.29, 0.717) is 19.4 Å². The highest BCUT2D eigenvalue weighted by Gasteiger charge is 2.36. The van der Waals surface area contributed by atoms with Gasteiger partial charge in [-0.15, -0.1) is 0 Å². The number of amides is 1. The Morgan fingerprint density at radius 1 is 1.21 bits per heavy atom. The van der Waals surface area contributed by atoms with Crippen LogP contribution in [0.25, 0.3) is 0 Å². The summed E-state index contributed by atoms with van der Waals surface area (Å²) in [6.07, 6.45) is 9.04. The quantitative estimate of drug-likeness (QED) is 0.702. The number of carboxylic acids is 1. The second kappa shape index (κ2) is 9.24. The van der Waals surface area contributed by atoms with Crippen LogP contribution in [0.3, 0.4) is 0 Å². The summed E-state index contributed by atoms with van der Waals surface area (Å²) in [5.74, 6) is -0.250. The minimum absolute atomic E-state index is 0.0550. The molecule has 148 valence electrons. The summed E-state index contributed by atoms with van der Waals surface area (Å²) < 4.78 is 0. The molecule has 5 nitrogen and oxygen atoms in total. The zero-order valence-corrected chi connectivity index (χ0v) is 17.1. The van der Waals surface area contributed by atoms with Crippen molar-refractivity contribution in [3.05, 3.63) is 59.2 Å². The average Bonchev–Trinajstić information content (AvgIpc) is 2.67. The van der Waals surface area contributed by atoms with E-state index in [2.05, 4.69) is 32.0 Å². The molecule has 28 heavy (non-hydrogen) atoms. The maximum absolute atomic E-state index is 13.1. The van der Waals surface area contributed by atoms with Gasteiger partial charge in [0.1, 0.15) is 0 Å². The molecule has 0 saturated carbocycles. The second-order valence-electron chi connectivity index (χ2n) is 7.26. The summed E-state index contributed by atoms with van der Waals surface area (Å²) in [5.41, 5.74) is 3.69. The number of hydrogen-bond acceptors (Lipinski definition) is 4. The van der Waals surface area contributed by atoms with Crippen LogP contribution in [0.1, 0.15) is 36.0 Å². The second-order valence-corrected chi connectivity index (χ2v) is 8.20. The minimum Gasteiger partial charge on any atom is -0.481 e. The van der Waals surface area contributed by atoms with Gasteiger partial charge in [0, 0.05) is 18.7 Å². The summed E-state index contributed by atoms with van der Waals surface area (Å²) in [6, 6.07) is 6.25. The predicted molar refractivity (Wildman–Crippen MR) is 113 cm³/mol. The van der Waals surface area contributed by atoms with Crippen molar-refractivity contribution in [1.29, 1.82) is 0 Å². The van der Waals surface area contributed by atoms with Gasteiger partial charge in [-0.3, -0.25) is 19.5 Å². The number of hydrogen-bond donors (Lipinski definition) is 1. The van der Waals surface area contributed by atoms with Gasteiger partial charge in [0.2, 0.25) is 5.91 Å². The molecule has 3 rings (SSSR count). The predicted octanol–water partition coefficient (Wildman–Crippen LogP) is 4.10. The standard InChI is InChI=1S/C22H26N2O3S/c1-15-10-11-16(2)17(13-15)14-28-22-23-19-8-4-3-7-18(19)21(27)24(22)12-6-5-9-20(25)26/h3-4,7-8,10-11,13,18-19H,5-6,9,12,14H2,1-2H3,(H,25,26). The van der Waals surface area contributed by atoms with E-state index in [1.807, 2.05) is 24.3 Å². The molecule has 0 bridgehead atoms. The van der Waals surface area contributed by atoms with Crippen LogP contribution in [0.2, 0.25) is 0 Å². The summed E-state index contributed by atoms with van der Waals surface area (Å²) in [5, 5.41) is 9.58. The van der Waals surface area contributed by atoms with Gasteiger partial charge in [-0.05, 0) is 37.8 Å². The molecule has 0 saturated heterocycles. The molecular weight excluding hydrogens is 372 g/mol. The van der Waals surface area contributed by atoms with Crippen molar-refractivity contribution in [2.75, 3.05) is 6.54 Å². The zero-order chi connectivity index (χ0) is 20.1. The molecular formula is C22H26N2O3S. The number of benzene rings is 1. The van der Waals surface area contributed by atoms with Crippen molar-refractivity contribution in [3.63, 3.8) is 0 Å². The maximum Gasteiger partial charge on any atom is 0.303 e. The van der Waals surface area contributed by atoms with Gasteiger partial charge in [-0.25, -0.2) is 0 Å². The Kier molecular flexibility index (Phi) is 6.73. The third-order valence-electron chi connectivity index (χ3n) is 5.03. The SMILES string of the molecule is Cc1ccc(C)c(CSC2=NC3C=CC=CC3C(=O)N2CCCCC(=O)O)c1. The van der Waals surface area contributed by atoms with Gasteiger partial charge in [-0.1, -0.05) is 59.8 Å². The molecule has 2 atom stereocenters. The number of nitrogens with zero attached hydrogens (tertiary/aromatic N) is 2. The monoisotopic (exact) mass is 398 g/mol. The Bertz CT molecular complexity index is 844. The smallest absolute Gasteiger partial charge is 0.303 e. The molecule has 1 N–H and O–H groups in total. The fraction of sp³-hybridized carbons (Fsp3) is 0.409. The lowest BCUT2D eigenvalue weighted by atomic mass is 9.93. The Balaban J connectivity index is 1.75. The van der Waals surface area contributed by atoms with E-state index in [1.54, 1.807) is 16.7 Å². The minimum atomic E-state index is -0.802. The molecule has 1 aromatic rings. The number of carbonyl (C=O) groups is 2. The molecule has 2 aliphatic rings. The Labute approximate surface area is 170 Å². The van der Waals surface area contributed by atoms with Crippen LogP contribution in [-0.4, -0.2) is 39.6 Å². The highest BCUT2D eigenvalue weighted by Crippen LogP contribution is 2.30. The molecule has 1 amide bonds. The first-order chi connectivity index (χ1) is 13.5. The van der Waals surface area contributed by atoms with Crippen LogP contribution in [0.4, 0.5) is 0 Å². The molecule has 1 aromatic carbocycles. The number of carbonyl (C=O) groups excluding carboxylic acids is 1. The number of unbranched alkanes of at least 4 members (excludes halogenated alkanes) is 1. The maximum atomic E-state index is 13.1. The molecule has 1 aliphatic carbocycles. The number of aliphatic imine (C=N–C) groups is 1. The van der Waals surface area contributed by atoms with Crippen molar-refractivity contribution < 1.29 is 14.7 Å². The number of rotatable bonds is 7. The Hall–Kier alpha value is -2.34. The van der Waals surface area contributed by atoms with E-state index in [0.717, 1.165) is 10.9 Å². The highest BCUT2D eigenvalue weighted by atomic mass is 32.2. The van der Waals surface area contributed by atoms with E-state index in [1.165, 1.54) is 16.7 Å². The normalized spacial score (nSPS) is 20.9. The summed E-state index contributed by atoms with van der Waals surface area (Å²) in [4.78, 5) is 30.4. The zero-order valence-electron chi connectivity index (χ0n) is 16.3. The molecule has 0 radical (unpaired) electrons. The topological polar surface area (TPSA) is 70.0 Å². The van der Waals surface area contributed by atoms with Crippen molar-refractivity contribution in [2.45, 2.75) is 44.9 Å². The molecule has 6 heteroatoms. The molecule has 0 fully saturated rings. The van der Waals surface area contributed by atoms with Crippen molar-refractivity contribution >= 4 is 28.8 Å². The van der Waals surface area contributed by atoms with Gasteiger partial charge < -0.3 is 5.11 Å². The van der Waals surface area contributed by atoms with E-state index in [9.17, 15) is 9.59 Å². The molecule has 2 unspecified atom stereocenters. The number of aliphatic carboxylic acids is 1. The number of allylic oxidation sites excluding steroid dienone is 2. The van der Waals surface area contributed by atoms with Crippen LogP contribution < -0.4 is 0 Å². The van der Waals surface area contributed by atoms with Crippen LogP contribution in [0.5, 0.6) is 0 Å². The molecule has 1 heterocycles. The third-order valence-corrected chi connectivity index (χ3v) is 6.07. The lowest BCUT2D eigenvalue weighted by Crippen LogP contribution is -2.47. The van der Waals surface area contributed by atoms with E-state index >= 15 is 0 Å².